The fourth-order valence-corrected chi connectivity index (χ4v) is 3.30. The van der Waals surface area contributed by atoms with Crippen LogP contribution in [0.2, 0.25) is 0 Å². The number of benzene rings is 1. The van der Waals surface area contributed by atoms with E-state index in [0.29, 0.717) is 22.9 Å². The van der Waals surface area contributed by atoms with E-state index in [-0.39, 0.29) is 18.6 Å². The van der Waals surface area contributed by atoms with E-state index < -0.39 is 0 Å². The van der Waals surface area contributed by atoms with Crippen LogP contribution < -0.4 is 10.1 Å². The minimum Gasteiger partial charge on any atom is -0.489 e. The van der Waals surface area contributed by atoms with Crippen molar-refractivity contribution in [3.05, 3.63) is 46.8 Å². The first-order valence-corrected chi connectivity index (χ1v) is 9.00. The average molecular weight is 342 g/mol. The van der Waals surface area contributed by atoms with Gasteiger partial charge in [0.25, 0.3) is 5.91 Å². The summed E-state index contributed by atoms with van der Waals surface area (Å²) in [5.74, 6) is 1.71. The van der Waals surface area contributed by atoms with Crippen LogP contribution in [-0.2, 0) is 6.61 Å². The number of hydrogen-bond donors (Lipinski definition) is 1. The van der Waals surface area contributed by atoms with Crippen LogP contribution in [0.15, 0.2) is 28.8 Å². The molecule has 0 aliphatic heterocycles. The second-order valence-electron chi connectivity index (χ2n) is 7.01. The minimum absolute atomic E-state index is 0.168. The molecule has 3 rings (SSSR count). The summed E-state index contributed by atoms with van der Waals surface area (Å²) < 4.78 is 11.1. The van der Waals surface area contributed by atoms with Gasteiger partial charge in [0.2, 0.25) is 0 Å². The Morgan fingerprint density at radius 3 is 2.68 bits per heavy atom. The summed E-state index contributed by atoms with van der Waals surface area (Å²) in [6.45, 7) is 6.30. The lowest BCUT2D eigenvalue weighted by molar-refractivity contribution is 0.0899. The summed E-state index contributed by atoms with van der Waals surface area (Å²) >= 11 is 0. The first kappa shape index (κ1) is 17.5. The van der Waals surface area contributed by atoms with Crippen LogP contribution in [-0.4, -0.2) is 17.1 Å². The molecule has 1 aromatic carbocycles. The zero-order valence-corrected chi connectivity index (χ0v) is 15.2. The largest absolute Gasteiger partial charge is 0.489 e. The highest BCUT2D eigenvalue weighted by Crippen LogP contribution is 2.25. The second kappa shape index (κ2) is 7.72. The van der Waals surface area contributed by atoms with Gasteiger partial charge in [-0.3, -0.25) is 4.79 Å². The van der Waals surface area contributed by atoms with Gasteiger partial charge in [-0.1, -0.05) is 42.6 Å². The molecule has 1 aromatic heterocycles. The van der Waals surface area contributed by atoms with E-state index in [4.69, 9.17) is 9.26 Å². The Labute approximate surface area is 148 Å². The number of nitrogens with zero attached hydrogens (tertiary/aromatic N) is 1. The smallest absolute Gasteiger partial charge is 0.274 e. The van der Waals surface area contributed by atoms with Gasteiger partial charge in [0.1, 0.15) is 18.1 Å². The van der Waals surface area contributed by atoms with Crippen LogP contribution in [0.25, 0.3) is 0 Å². The molecule has 134 valence electrons. The van der Waals surface area contributed by atoms with E-state index in [1.165, 1.54) is 12.0 Å². The lowest BCUT2D eigenvalue weighted by Gasteiger charge is -2.29. The molecule has 0 spiro atoms. The van der Waals surface area contributed by atoms with Crippen molar-refractivity contribution in [3.63, 3.8) is 0 Å². The molecule has 2 unspecified atom stereocenters. The van der Waals surface area contributed by atoms with Crippen LogP contribution in [0.4, 0.5) is 0 Å². The number of nitrogens with one attached hydrogen (secondary N) is 1. The number of ether oxygens (including phenoxy) is 1. The van der Waals surface area contributed by atoms with Crippen molar-refractivity contribution in [2.45, 2.75) is 59.1 Å². The molecular formula is C20H26N2O3. The summed E-state index contributed by atoms with van der Waals surface area (Å²) in [6.07, 6.45) is 4.59. The molecule has 25 heavy (non-hydrogen) atoms. The van der Waals surface area contributed by atoms with Gasteiger partial charge in [-0.25, -0.2) is 0 Å². The molecule has 0 radical (unpaired) electrons. The molecule has 1 fully saturated rings. The highest BCUT2D eigenvalue weighted by molar-refractivity contribution is 5.94. The minimum atomic E-state index is -0.168. The highest BCUT2D eigenvalue weighted by atomic mass is 16.5. The third kappa shape index (κ3) is 4.21. The number of carbonyl (C=O) groups excluding carboxylic acids is 1. The normalized spacial score (nSPS) is 20.3. The van der Waals surface area contributed by atoms with Crippen LogP contribution >= 0.6 is 0 Å². The van der Waals surface area contributed by atoms with Crippen molar-refractivity contribution in [1.82, 2.24) is 10.5 Å². The van der Waals surface area contributed by atoms with Crippen molar-refractivity contribution in [2.24, 2.45) is 5.92 Å². The molecule has 1 saturated carbocycles. The monoisotopic (exact) mass is 342 g/mol. The van der Waals surface area contributed by atoms with Gasteiger partial charge in [-0.05, 0) is 44.7 Å². The summed E-state index contributed by atoms with van der Waals surface area (Å²) in [4.78, 5) is 12.7. The van der Waals surface area contributed by atoms with Crippen molar-refractivity contribution >= 4 is 5.91 Å². The Kier molecular flexibility index (Phi) is 5.41. The third-order valence-corrected chi connectivity index (χ3v) is 5.03. The predicted octanol–water partition coefficient (Wildman–Crippen LogP) is 4.18. The average Bonchev–Trinajstić information content (AvgIpc) is 2.97. The Bertz CT molecular complexity index is 721. The van der Waals surface area contributed by atoms with Crippen LogP contribution in [0.1, 0.15) is 60.0 Å². The summed E-state index contributed by atoms with van der Waals surface area (Å²) in [6, 6.07) is 8.04. The molecule has 1 aliphatic carbocycles. The molecule has 1 aliphatic rings. The number of hydrogen-bond acceptors (Lipinski definition) is 4. The quantitative estimate of drug-likeness (QED) is 0.885. The molecule has 5 nitrogen and oxygen atoms in total. The summed E-state index contributed by atoms with van der Waals surface area (Å²) in [5.41, 5.74) is 2.22. The van der Waals surface area contributed by atoms with E-state index in [9.17, 15) is 4.79 Å². The summed E-state index contributed by atoms with van der Waals surface area (Å²) in [5, 5.41) is 7.09. The first-order chi connectivity index (χ1) is 12.0. The summed E-state index contributed by atoms with van der Waals surface area (Å²) in [7, 11) is 0. The van der Waals surface area contributed by atoms with E-state index >= 15 is 0 Å². The lowest BCUT2D eigenvalue weighted by atomic mass is 9.86. The lowest BCUT2D eigenvalue weighted by Crippen LogP contribution is -2.41. The van der Waals surface area contributed by atoms with Gasteiger partial charge in [-0.2, -0.15) is 0 Å². The third-order valence-electron chi connectivity index (χ3n) is 5.03. The topological polar surface area (TPSA) is 64.4 Å². The molecule has 0 bridgehead atoms. The molecule has 5 heteroatoms. The van der Waals surface area contributed by atoms with Crippen LogP contribution in [0, 0.1) is 19.8 Å². The molecular weight excluding hydrogens is 316 g/mol. The zero-order chi connectivity index (χ0) is 17.8. The fraction of sp³-hybridized carbons (Fsp3) is 0.500. The molecule has 2 aromatic rings. The van der Waals surface area contributed by atoms with Crippen molar-refractivity contribution < 1.29 is 14.1 Å². The number of carbonyl (C=O) groups is 1. The Morgan fingerprint density at radius 1 is 1.24 bits per heavy atom. The van der Waals surface area contributed by atoms with Crippen molar-refractivity contribution in [1.29, 1.82) is 0 Å². The van der Waals surface area contributed by atoms with Gasteiger partial charge in [0.05, 0.1) is 5.56 Å². The molecule has 0 saturated heterocycles. The van der Waals surface area contributed by atoms with Crippen LogP contribution in [0.5, 0.6) is 5.75 Å². The van der Waals surface area contributed by atoms with E-state index in [1.54, 1.807) is 6.92 Å². The van der Waals surface area contributed by atoms with Crippen molar-refractivity contribution in [3.8, 4) is 5.75 Å². The number of aromatic nitrogens is 1. The maximum atomic E-state index is 12.7. The molecule has 2 atom stereocenters. The maximum absolute atomic E-state index is 12.7. The van der Waals surface area contributed by atoms with Gasteiger partial charge in [0.15, 0.2) is 5.69 Å². The standard InChI is InChI=1S/C20H26N2O3/c1-13-8-10-16(11-9-13)24-12-17-15(3)25-22-19(17)20(23)21-18-7-5-4-6-14(18)2/h8-11,14,18H,4-7,12H2,1-3H3,(H,21,23). The second-order valence-corrected chi connectivity index (χ2v) is 7.01. The van der Waals surface area contributed by atoms with Crippen molar-refractivity contribution in [2.75, 3.05) is 0 Å². The van der Waals surface area contributed by atoms with Gasteiger partial charge < -0.3 is 14.6 Å². The number of amides is 1. The Balaban J connectivity index is 1.67. The van der Waals surface area contributed by atoms with E-state index in [0.717, 1.165) is 25.0 Å². The van der Waals surface area contributed by atoms with Gasteiger partial charge >= 0.3 is 0 Å². The Hall–Kier alpha value is -2.30. The van der Waals surface area contributed by atoms with Crippen LogP contribution in [0.3, 0.4) is 0 Å². The number of aryl methyl sites for hydroxylation is 2. The molecule has 1 heterocycles. The predicted molar refractivity (Wildman–Crippen MR) is 95.6 cm³/mol. The highest BCUT2D eigenvalue weighted by Gasteiger charge is 2.26. The molecule has 1 amide bonds. The molecule has 1 N–H and O–H groups in total. The first-order valence-electron chi connectivity index (χ1n) is 9.00. The van der Waals surface area contributed by atoms with E-state index in [1.807, 2.05) is 31.2 Å². The maximum Gasteiger partial charge on any atom is 0.274 e. The van der Waals surface area contributed by atoms with Gasteiger partial charge in [-0.15, -0.1) is 0 Å². The van der Waals surface area contributed by atoms with Gasteiger partial charge in [0, 0.05) is 6.04 Å². The fourth-order valence-electron chi connectivity index (χ4n) is 3.30. The zero-order valence-electron chi connectivity index (χ0n) is 15.2. The Morgan fingerprint density at radius 2 is 1.96 bits per heavy atom. The van der Waals surface area contributed by atoms with E-state index in [2.05, 4.69) is 17.4 Å². The number of rotatable bonds is 5. The SMILES string of the molecule is Cc1ccc(OCc2c(C(=O)NC3CCCCC3C)noc2C)cc1.